The van der Waals surface area contributed by atoms with Crippen LogP contribution in [-0.4, -0.2) is 56.6 Å². The van der Waals surface area contributed by atoms with E-state index in [1.165, 1.54) is 0 Å². The predicted molar refractivity (Wildman–Crippen MR) is 41.3 cm³/mol. The molecular formula is C7H13NO5. The van der Waals surface area contributed by atoms with Crippen molar-refractivity contribution in [2.45, 2.75) is 30.8 Å². The van der Waals surface area contributed by atoms with Crippen molar-refractivity contribution in [3.63, 3.8) is 0 Å². The summed E-state index contributed by atoms with van der Waals surface area (Å²) in [4.78, 5) is 0. The van der Waals surface area contributed by atoms with E-state index in [9.17, 15) is 0 Å². The maximum absolute atomic E-state index is 9.10. The molecule has 0 saturated heterocycles. The van der Waals surface area contributed by atoms with Crippen molar-refractivity contribution in [2.24, 2.45) is 0 Å². The Kier molecular flexibility index (Phi) is 5.53. The second kappa shape index (κ2) is 5.85. The molecule has 0 radical (unpaired) electrons. The Hall–Kier alpha value is -0.710. The molecule has 76 valence electrons. The Morgan fingerprint density at radius 3 is 1.85 bits per heavy atom. The van der Waals surface area contributed by atoms with Gasteiger partial charge in [0, 0.05) is 0 Å². The third-order valence-electron chi connectivity index (χ3n) is 1.63. The largest absolute Gasteiger partial charge is 0.394 e. The molecule has 0 saturated carbocycles. The van der Waals surface area contributed by atoms with Gasteiger partial charge in [-0.15, -0.1) is 0 Å². The highest BCUT2D eigenvalue weighted by atomic mass is 16.4. The molecule has 6 heteroatoms. The van der Waals surface area contributed by atoms with E-state index in [4.69, 9.17) is 30.8 Å². The van der Waals surface area contributed by atoms with Crippen LogP contribution in [0.1, 0.15) is 6.42 Å². The monoisotopic (exact) mass is 191 g/mol. The summed E-state index contributed by atoms with van der Waals surface area (Å²) >= 11 is 0. The zero-order valence-corrected chi connectivity index (χ0v) is 6.91. The van der Waals surface area contributed by atoms with Crippen LogP contribution in [0.4, 0.5) is 0 Å². The minimum atomic E-state index is -1.66. The van der Waals surface area contributed by atoms with E-state index in [2.05, 4.69) is 0 Å². The van der Waals surface area contributed by atoms with Crippen LogP contribution in [0.2, 0.25) is 0 Å². The lowest BCUT2D eigenvalue weighted by Gasteiger charge is -2.24. The van der Waals surface area contributed by atoms with Gasteiger partial charge in [-0.1, -0.05) is 0 Å². The van der Waals surface area contributed by atoms with Gasteiger partial charge in [0.1, 0.15) is 18.3 Å². The van der Waals surface area contributed by atoms with E-state index < -0.39 is 31.0 Å². The molecule has 0 amide bonds. The van der Waals surface area contributed by atoms with Crippen LogP contribution < -0.4 is 0 Å². The summed E-state index contributed by atoms with van der Waals surface area (Å²) in [6, 6.07) is 1.59. The molecule has 13 heavy (non-hydrogen) atoms. The zero-order chi connectivity index (χ0) is 10.4. The van der Waals surface area contributed by atoms with Gasteiger partial charge in [0.2, 0.25) is 0 Å². The summed E-state index contributed by atoms with van der Waals surface area (Å²) in [6.07, 6.45) is -6.60. The van der Waals surface area contributed by atoms with Gasteiger partial charge >= 0.3 is 0 Å². The second-order valence-electron chi connectivity index (χ2n) is 2.66. The molecule has 0 aromatic rings. The normalized spacial score (nSPS) is 20.0. The molecule has 0 aromatic heterocycles. The quantitative estimate of drug-likeness (QED) is 0.323. The van der Waals surface area contributed by atoms with Gasteiger partial charge < -0.3 is 25.5 Å². The predicted octanol–water partition coefficient (Wildman–Crippen LogP) is -2.66. The van der Waals surface area contributed by atoms with Crippen molar-refractivity contribution < 1.29 is 25.5 Å². The first kappa shape index (κ1) is 12.3. The highest BCUT2D eigenvalue weighted by Gasteiger charge is 2.29. The topological polar surface area (TPSA) is 125 Å². The van der Waals surface area contributed by atoms with E-state index in [1.54, 1.807) is 6.07 Å². The van der Waals surface area contributed by atoms with Crippen LogP contribution in [0.25, 0.3) is 0 Å². The van der Waals surface area contributed by atoms with Crippen LogP contribution in [0.15, 0.2) is 0 Å². The summed E-state index contributed by atoms with van der Waals surface area (Å²) in [5.41, 5.74) is 0. The minimum Gasteiger partial charge on any atom is -0.394 e. The number of hydrogen-bond donors (Lipinski definition) is 5. The van der Waals surface area contributed by atoms with Gasteiger partial charge in [0.25, 0.3) is 0 Å². The maximum atomic E-state index is 9.10. The highest BCUT2D eigenvalue weighted by molar-refractivity contribution is 4.86. The molecule has 0 unspecified atom stereocenters. The number of aliphatic hydroxyl groups is 5. The number of rotatable bonds is 5. The maximum Gasteiger partial charge on any atom is 0.111 e. The molecule has 0 aliphatic heterocycles. The van der Waals surface area contributed by atoms with E-state index in [-0.39, 0.29) is 6.42 Å². The molecule has 0 fully saturated rings. The number of aliphatic hydroxyl groups excluding tert-OH is 5. The van der Waals surface area contributed by atoms with Crippen LogP contribution in [0.5, 0.6) is 0 Å². The highest BCUT2D eigenvalue weighted by Crippen LogP contribution is 2.06. The molecule has 0 aromatic carbocycles. The lowest BCUT2D eigenvalue weighted by Crippen LogP contribution is -2.45. The van der Waals surface area contributed by atoms with Gasteiger partial charge in [-0.3, -0.25) is 0 Å². The molecule has 0 rings (SSSR count). The summed E-state index contributed by atoms with van der Waals surface area (Å²) in [5, 5.41) is 52.6. The van der Waals surface area contributed by atoms with Crippen molar-refractivity contribution in [1.29, 1.82) is 5.26 Å². The van der Waals surface area contributed by atoms with E-state index in [0.717, 1.165) is 0 Å². The fourth-order valence-corrected chi connectivity index (χ4v) is 0.777. The lowest BCUT2D eigenvalue weighted by atomic mass is 10.0. The molecule has 0 aliphatic rings. The average Bonchev–Trinajstić information content (AvgIpc) is 2.14. The first-order valence-corrected chi connectivity index (χ1v) is 3.74. The van der Waals surface area contributed by atoms with Crippen molar-refractivity contribution in [1.82, 2.24) is 0 Å². The Bertz CT molecular complexity index is 180. The summed E-state index contributed by atoms with van der Waals surface area (Å²) < 4.78 is 0. The fourth-order valence-electron chi connectivity index (χ4n) is 0.777. The smallest absolute Gasteiger partial charge is 0.111 e. The van der Waals surface area contributed by atoms with Gasteiger partial charge in [0.05, 0.1) is 25.2 Å². The fraction of sp³-hybridized carbons (Fsp3) is 0.857. The number of hydrogen-bond acceptors (Lipinski definition) is 6. The van der Waals surface area contributed by atoms with Crippen LogP contribution in [-0.2, 0) is 0 Å². The summed E-state index contributed by atoms with van der Waals surface area (Å²) in [7, 11) is 0. The third-order valence-corrected chi connectivity index (χ3v) is 1.63. The third kappa shape index (κ3) is 3.67. The van der Waals surface area contributed by atoms with E-state index in [1.807, 2.05) is 0 Å². The van der Waals surface area contributed by atoms with Gasteiger partial charge in [-0.2, -0.15) is 5.26 Å². The van der Waals surface area contributed by atoms with Gasteiger partial charge in [-0.05, 0) is 0 Å². The van der Waals surface area contributed by atoms with E-state index in [0.29, 0.717) is 0 Å². The molecule has 4 atom stereocenters. The van der Waals surface area contributed by atoms with E-state index >= 15 is 0 Å². The molecule has 6 nitrogen and oxygen atoms in total. The number of nitriles is 1. The Morgan fingerprint density at radius 1 is 1.00 bits per heavy atom. The Morgan fingerprint density at radius 2 is 1.46 bits per heavy atom. The Balaban J connectivity index is 4.09. The van der Waals surface area contributed by atoms with Crippen LogP contribution in [0, 0.1) is 11.3 Å². The first-order valence-electron chi connectivity index (χ1n) is 3.74. The van der Waals surface area contributed by atoms with Crippen LogP contribution in [0.3, 0.4) is 0 Å². The summed E-state index contributed by atoms with van der Waals surface area (Å²) in [6.45, 7) is -0.725. The van der Waals surface area contributed by atoms with Gasteiger partial charge in [-0.25, -0.2) is 0 Å². The van der Waals surface area contributed by atoms with Crippen molar-refractivity contribution in [2.75, 3.05) is 6.61 Å². The Labute approximate surface area is 75.3 Å². The molecule has 0 spiro atoms. The van der Waals surface area contributed by atoms with Crippen LogP contribution >= 0.6 is 0 Å². The van der Waals surface area contributed by atoms with Crippen molar-refractivity contribution in [3.8, 4) is 6.07 Å². The lowest BCUT2D eigenvalue weighted by molar-refractivity contribution is -0.113. The molecule has 0 heterocycles. The summed E-state index contributed by atoms with van der Waals surface area (Å²) in [5.74, 6) is 0. The minimum absolute atomic E-state index is 0.351. The molecular weight excluding hydrogens is 178 g/mol. The van der Waals surface area contributed by atoms with Gasteiger partial charge in [0.15, 0.2) is 0 Å². The molecule has 0 aliphatic carbocycles. The first-order chi connectivity index (χ1) is 6.04. The van der Waals surface area contributed by atoms with Crippen molar-refractivity contribution in [3.05, 3.63) is 0 Å². The SMILES string of the molecule is N#CC[C@@H](O)[C@@H](O)[C@H](O)[C@H](O)CO. The zero-order valence-electron chi connectivity index (χ0n) is 6.91. The molecule has 0 bridgehead atoms. The average molecular weight is 191 g/mol. The van der Waals surface area contributed by atoms with Crippen molar-refractivity contribution >= 4 is 0 Å². The number of nitrogens with zero attached hydrogens (tertiary/aromatic N) is 1. The molecule has 5 N–H and O–H groups in total. The standard InChI is InChI=1S/C7H13NO5/c8-2-1-4(10)6(12)7(13)5(11)3-9/h4-7,9-13H,1,3H2/t4-,5-,6-,7-/m1/s1. The second-order valence-corrected chi connectivity index (χ2v) is 2.66.